The minimum Gasteiger partial charge on any atom is -0.507 e. The summed E-state index contributed by atoms with van der Waals surface area (Å²) in [6.07, 6.45) is 0. The molecular formula is C22H17NO5S. The van der Waals surface area contributed by atoms with Crippen molar-refractivity contribution >= 4 is 27.5 Å². The molecule has 2 heterocycles. The van der Waals surface area contributed by atoms with Gasteiger partial charge in [0.05, 0.1) is 12.0 Å². The van der Waals surface area contributed by atoms with Crippen molar-refractivity contribution in [2.45, 2.75) is 6.92 Å². The molecule has 0 aliphatic heterocycles. The van der Waals surface area contributed by atoms with Crippen molar-refractivity contribution in [2.24, 2.45) is 0 Å². The first-order valence-electron chi connectivity index (χ1n) is 8.93. The molecule has 7 heteroatoms. The Morgan fingerprint density at radius 1 is 1.03 bits per heavy atom. The number of thiophene rings is 1. The van der Waals surface area contributed by atoms with E-state index < -0.39 is 17.1 Å². The number of esters is 1. The highest BCUT2D eigenvalue weighted by Gasteiger charge is 2.23. The lowest BCUT2D eigenvalue weighted by molar-refractivity contribution is 0.0521. The molecule has 4 rings (SSSR count). The van der Waals surface area contributed by atoms with E-state index in [9.17, 15) is 19.8 Å². The van der Waals surface area contributed by atoms with E-state index >= 15 is 0 Å². The molecule has 0 atom stereocenters. The van der Waals surface area contributed by atoms with Crippen LogP contribution in [0.5, 0.6) is 11.5 Å². The van der Waals surface area contributed by atoms with E-state index in [0.29, 0.717) is 21.3 Å². The molecule has 0 spiro atoms. The van der Waals surface area contributed by atoms with E-state index in [4.69, 9.17) is 4.74 Å². The van der Waals surface area contributed by atoms with Crippen molar-refractivity contribution in [3.05, 3.63) is 69.8 Å². The number of carbonyl (C=O) groups excluding carboxylic acids is 1. The van der Waals surface area contributed by atoms with Crippen molar-refractivity contribution in [2.75, 3.05) is 6.61 Å². The fourth-order valence-electron chi connectivity index (χ4n) is 3.24. The maximum Gasteiger partial charge on any atom is 0.347 e. The van der Waals surface area contributed by atoms with E-state index in [-0.39, 0.29) is 18.1 Å². The number of H-pyrrole nitrogens is 1. The molecule has 0 radical (unpaired) electrons. The molecule has 0 saturated carbocycles. The Balaban J connectivity index is 1.82. The van der Waals surface area contributed by atoms with Crippen molar-refractivity contribution in [3.63, 3.8) is 0 Å². The highest BCUT2D eigenvalue weighted by atomic mass is 32.1. The first-order valence-corrected chi connectivity index (χ1v) is 9.81. The molecule has 0 aliphatic rings. The number of aromatic amines is 1. The Kier molecular flexibility index (Phi) is 4.82. The number of benzene rings is 2. The van der Waals surface area contributed by atoms with Gasteiger partial charge in [0.1, 0.15) is 16.3 Å². The summed E-state index contributed by atoms with van der Waals surface area (Å²) in [6.45, 7) is 1.73. The molecule has 0 saturated heterocycles. The van der Waals surface area contributed by atoms with Crippen LogP contribution in [0.3, 0.4) is 0 Å². The number of hydrogen-bond acceptors (Lipinski definition) is 6. The van der Waals surface area contributed by atoms with Crippen LogP contribution >= 0.6 is 11.3 Å². The van der Waals surface area contributed by atoms with Crippen LogP contribution in [0.4, 0.5) is 0 Å². The monoisotopic (exact) mass is 407 g/mol. The summed E-state index contributed by atoms with van der Waals surface area (Å²) in [6, 6.07) is 14.5. The maximum atomic E-state index is 12.2. The molecule has 0 fully saturated rings. The number of phenolic OH excluding ortho intramolecular Hbond substituents is 1. The van der Waals surface area contributed by atoms with E-state index in [0.717, 1.165) is 11.1 Å². The number of hydrogen-bond donors (Lipinski definition) is 3. The van der Waals surface area contributed by atoms with Gasteiger partial charge in [0.15, 0.2) is 5.56 Å². The number of para-hydroxylation sites is 1. The number of aromatic nitrogens is 1. The highest BCUT2D eigenvalue weighted by Crippen LogP contribution is 2.40. The van der Waals surface area contributed by atoms with Crippen LogP contribution in [0.2, 0.25) is 0 Å². The van der Waals surface area contributed by atoms with Gasteiger partial charge in [0.25, 0.3) is 5.56 Å². The van der Waals surface area contributed by atoms with Crippen molar-refractivity contribution < 1.29 is 19.7 Å². The van der Waals surface area contributed by atoms with Gasteiger partial charge in [-0.2, -0.15) is 0 Å². The fraction of sp³-hybridized carbons (Fsp3) is 0.0909. The highest BCUT2D eigenvalue weighted by molar-refractivity contribution is 7.17. The SMILES string of the molecule is CCOC(=O)c1c(O)c2c(-c3ccc(-c4ccccc4O)cc3)csc2[nH]c1=O. The summed E-state index contributed by atoms with van der Waals surface area (Å²) in [5.41, 5.74) is 1.96. The van der Waals surface area contributed by atoms with Crippen LogP contribution in [0.25, 0.3) is 32.5 Å². The first kappa shape index (κ1) is 18.8. The van der Waals surface area contributed by atoms with Crippen molar-refractivity contribution in [1.29, 1.82) is 0 Å². The van der Waals surface area contributed by atoms with Gasteiger partial charge in [-0.15, -0.1) is 11.3 Å². The zero-order valence-electron chi connectivity index (χ0n) is 15.4. The third-order valence-corrected chi connectivity index (χ3v) is 5.50. The zero-order valence-corrected chi connectivity index (χ0v) is 16.2. The Labute approximate surface area is 169 Å². The third kappa shape index (κ3) is 3.25. The largest absolute Gasteiger partial charge is 0.507 e. The fourth-order valence-corrected chi connectivity index (χ4v) is 4.20. The first-order chi connectivity index (χ1) is 14.0. The van der Waals surface area contributed by atoms with Gasteiger partial charge in [-0.05, 0) is 24.1 Å². The molecule has 3 N–H and O–H groups in total. The van der Waals surface area contributed by atoms with Gasteiger partial charge in [-0.25, -0.2) is 4.79 Å². The van der Waals surface area contributed by atoms with Crippen LogP contribution in [0, 0.1) is 0 Å². The Hall–Kier alpha value is -3.58. The second-order valence-electron chi connectivity index (χ2n) is 6.35. The van der Waals surface area contributed by atoms with Crippen molar-refractivity contribution in [1.82, 2.24) is 4.98 Å². The molecule has 0 amide bonds. The van der Waals surface area contributed by atoms with E-state index in [1.54, 1.807) is 19.1 Å². The van der Waals surface area contributed by atoms with Gasteiger partial charge in [0, 0.05) is 16.5 Å². The van der Waals surface area contributed by atoms with E-state index in [2.05, 4.69) is 4.98 Å². The summed E-state index contributed by atoms with van der Waals surface area (Å²) < 4.78 is 4.90. The molecule has 0 aliphatic carbocycles. The van der Waals surface area contributed by atoms with Crippen LogP contribution in [0.1, 0.15) is 17.3 Å². The van der Waals surface area contributed by atoms with Crippen LogP contribution in [0.15, 0.2) is 58.7 Å². The summed E-state index contributed by atoms with van der Waals surface area (Å²) in [7, 11) is 0. The lowest BCUT2D eigenvalue weighted by Crippen LogP contribution is -2.19. The smallest absolute Gasteiger partial charge is 0.347 e. The summed E-state index contributed by atoms with van der Waals surface area (Å²) in [5.74, 6) is -1.06. The molecule has 146 valence electrons. The third-order valence-electron chi connectivity index (χ3n) is 4.61. The molecule has 2 aromatic carbocycles. The Morgan fingerprint density at radius 2 is 1.69 bits per heavy atom. The van der Waals surface area contributed by atoms with Gasteiger partial charge in [-0.1, -0.05) is 42.5 Å². The normalized spacial score (nSPS) is 10.9. The lowest BCUT2D eigenvalue weighted by atomic mass is 9.99. The van der Waals surface area contributed by atoms with Crippen LogP contribution in [-0.2, 0) is 4.74 Å². The second-order valence-corrected chi connectivity index (χ2v) is 7.23. The standard InChI is InChI=1S/C22H17NO5S/c1-2-28-22(27)18-19(25)17-15(11-29-21(17)23-20(18)26)13-9-7-12(8-10-13)14-5-3-4-6-16(14)24/h3-11,24H,2H2,1H3,(H2,23,25,26). The number of rotatable bonds is 4. The number of aromatic hydroxyl groups is 2. The number of ether oxygens (including phenoxy) is 1. The molecule has 4 aromatic rings. The average Bonchev–Trinajstić information content (AvgIpc) is 3.13. The molecule has 0 unspecified atom stereocenters. The quantitative estimate of drug-likeness (QED) is 0.432. The van der Waals surface area contributed by atoms with Crippen LogP contribution < -0.4 is 5.56 Å². The average molecular weight is 407 g/mol. The van der Waals surface area contributed by atoms with Gasteiger partial charge >= 0.3 is 5.97 Å². The van der Waals surface area contributed by atoms with Crippen molar-refractivity contribution in [3.8, 4) is 33.8 Å². The summed E-state index contributed by atoms with van der Waals surface area (Å²) in [4.78, 5) is 27.4. The van der Waals surface area contributed by atoms with E-state index in [1.807, 2.05) is 41.8 Å². The molecule has 6 nitrogen and oxygen atoms in total. The van der Waals surface area contributed by atoms with Gasteiger partial charge < -0.3 is 19.9 Å². The molecular weight excluding hydrogens is 390 g/mol. The summed E-state index contributed by atoms with van der Waals surface area (Å²) >= 11 is 1.27. The minimum atomic E-state index is -0.861. The minimum absolute atomic E-state index is 0.0973. The van der Waals surface area contributed by atoms with Gasteiger partial charge in [-0.3, -0.25) is 4.79 Å². The molecule has 0 bridgehead atoms. The molecule has 29 heavy (non-hydrogen) atoms. The number of nitrogens with one attached hydrogen (secondary N) is 1. The summed E-state index contributed by atoms with van der Waals surface area (Å²) in [5, 5.41) is 22.9. The number of phenols is 1. The zero-order chi connectivity index (χ0) is 20.5. The number of pyridine rings is 1. The lowest BCUT2D eigenvalue weighted by Gasteiger charge is -2.08. The predicted molar refractivity (Wildman–Crippen MR) is 113 cm³/mol. The Morgan fingerprint density at radius 3 is 2.34 bits per heavy atom. The maximum absolute atomic E-state index is 12.2. The predicted octanol–water partition coefficient (Wildman–Crippen LogP) is 4.51. The number of fused-ring (bicyclic) bond motifs is 1. The van der Waals surface area contributed by atoms with Gasteiger partial charge in [0.2, 0.25) is 0 Å². The Bertz CT molecular complexity index is 1270. The van der Waals surface area contributed by atoms with Crippen LogP contribution in [-0.4, -0.2) is 27.8 Å². The second kappa shape index (κ2) is 7.44. The topological polar surface area (TPSA) is 99.6 Å². The molecule has 2 aromatic heterocycles. The van der Waals surface area contributed by atoms with E-state index in [1.165, 1.54) is 11.3 Å². The number of carbonyl (C=O) groups is 1.